The first-order valence-corrected chi connectivity index (χ1v) is 9.54. The number of rotatable bonds is 5. The Bertz CT molecular complexity index is 1030. The van der Waals surface area contributed by atoms with E-state index in [-0.39, 0.29) is 38.9 Å². The van der Waals surface area contributed by atoms with Crippen LogP contribution in [0.1, 0.15) is 16.9 Å². The van der Waals surface area contributed by atoms with E-state index < -0.39 is 17.5 Å². The Labute approximate surface area is 168 Å². The zero-order valence-electron chi connectivity index (χ0n) is 15.0. The highest BCUT2D eigenvalue weighted by atomic mass is 32.1. The Morgan fingerprint density at radius 1 is 1.34 bits per heavy atom. The van der Waals surface area contributed by atoms with Gasteiger partial charge in [0.25, 0.3) is 5.91 Å². The van der Waals surface area contributed by atoms with Gasteiger partial charge in [-0.1, -0.05) is 17.4 Å². The highest BCUT2D eigenvalue weighted by Gasteiger charge is 2.23. The van der Waals surface area contributed by atoms with Crippen LogP contribution in [0.25, 0.3) is 10.6 Å². The lowest BCUT2D eigenvalue weighted by Gasteiger charge is -2.14. The first-order chi connectivity index (χ1) is 14.0. The normalized spacial score (nSPS) is 16.0. The number of amides is 1. The average molecular weight is 418 g/mol. The van der Waals surface area contributed by atoms with Gasteiger partial charge in [0.15, 0.2) is 5.69 Å². The molecule has 29 heavy (non-hydrogen) atoms. The summed E-state index contributed by atoms with van der Waals surface area (Å²) in [7, 11) is 0. The van der Waals surface area contributed by atoms with Gasteiger partial charge >= 0.3 is 0 Å². The predicted octanol–water partition coefficient (Wildman–Crippen LogP) is 2.45. The smallest absolute Gasteiger partial charge is 0.277 e. The maximum atomic E-state index is 14.0. The van der Waals surface area contributed by atoms with Gasteiger partial charge in [-0.15, -0.1) is 0 Å². The summed E-state index contributed by atoms with van der Waals surface area (Å²) in [4.78, 5) is 24.7. The molecule has 1 fully saturated rings. The third-order valence-electron chi connectivity index (χ3n) is 4.26. The topological polar surface area (TPSA) is 115 Å². The molecule has 2 aromatic heterocycles. The highest BCUT2D eigenvalue weighted by molar-refractivity contribution is 7.19. The summed E-state index contributed by atoms with van der Waals surface area (Å²) in [5.41, 5.74) is 5.65. The summed E-state index contributed by atoms with van der Waals surface area (Å²) in [5.74, 6) is -2.02. The van der Waals surface area contributed by atoms with Crippen LogP contribution in [0.2, 0.25) is 0 Å². The Morgan fingerprint density at radius 2 is 2.14 bits per heavy atom. The van der Waals surface area contributed by atoms with Crippen molar-refractivity contribution in [1.29, 1.82) is 0 Å². The van der Waals surface area contributed by atoms with Crippen molar-refractivity contribution in [3.63, 3.8) is 0 Å². The van der Waals surface area contributed by atoms with Crippen LogP contribution in [0.15, 0.2) is 30.7 Å². The third kappa shape index (κ3) is 4.00. The molecule has 1 aliphatic heterocycles. The van der Waals surface area contributed by atoms with Crippen LogP contribution in [0.4, 0.5) is 19.5 Å². The van der Waals surface area contributed by atoms with Crippen LogP contribution >= 0.6 is 11.3 Å². The molecule has 1 atom stereocenters. The lowest BCUT2D eigenvalue weighted by molar-refractivity contribution is 0.102. The van der Waals surface area contributed by atoms with Crippen LogP contribution in [0, 0.1) is 11.6 Å². The number of nitrogens with two attached hydrogens (primary N) is 1. The number of carbonyl (C=O) groups excluding carboxylic acids is 1. The maximum Gasteiger partial charge on any atom is 0.277 e. The quantitative estimate of drug-likeness (QED) is 0.583. The number of aromatic nitrogens is 3. The van der Waals surface area contributed by atoms with Gasteiger partial charge in [0.1, 0.15) is 39.8 Å². The van der Waals surface area contributed by atoms with Crippen molar-refractivity contribution in [1.82, 2.24) is 20.3 Å². The van der Waals surface area contributed by atoms with E-state index in [9.17, 15) is 13.6 Å². The summed E-state index contributed by atoms with van der Waals surface area (Å²) in [5, 5.41) is 5.77. The van der Waals surface area contributed by atoms with Crippen LogP contribution in [-0.4, -0.2) is 40.1 Å². The minimum absolute atomic E-state index is 0.0268. The zero-order valence-corrected chi connectivity index (χ0v) is 15.8. The van der Waals surface area contributed by atoms with Crippen molar-refractivity contribution >= 4 is 27.9 Å². The number of thiazole rings is 1. The number of nitrogen functional groups attached to an aromatic ring is 1. The fourth-order valence-corrected chi connectivity index (χ4v) is 3.75. The van der Waals surface area contributed by atoms with Crippen LogP contribution in [-0.2, 0) is 0 Å². The van der Waals surface area contributed by atoms with E-state index in [0.717, 1.165) is 36.4 Å². The number of anilines is 2. The van der Waals surface area contributed by atoms with Crippen molar-refractivity contribution in [2.75, 3.05) is 24.1 Å². The second-order valence-corrected chi connectivity index (χ2v) is 7.29. The fourth-order valence-electron chi connectivity index (χ4n) is 2.87. The van der Waals surface area contributed by atoms with Gasteiger partial charge in [0.2, 0.25) is 5.88 Å². The monoisotopic (exact) mass is 418 g/mol. The van der Waals surface area contributed by atoms with Crippen molar-refractivity contribution in [2.45, 2.75) is 12.5 Å². The largest absolute Gasteiger partial charge is 0.471 e. The molecular formula is C18H16F2N6O2S. The molecule has 8 nitrogen and oxygen atoms in total. The minimum Gasteiger partial charge on any atom is -0.471 e. The van der Waals surface area contributed by atoms with E-state index in [1.165, 1.54) is 18.6 Å². The van der Waals surface area contributed by atoms with Gasteiger partial charge in [0, 0.05) is 6.54 Å². The lowest BCUT2D eigenvalue weighted by Crippen LogP contribution is -2.22. The van der Waals surface area contributed by atoms with Gasteiger partial charge in [-0.2, -0.15) is 4.98 Å². The zero-order chi connectivity index (χ0) is 20.4. The molecule has 150 valence electrons. The second-order valence-electron chi connectivity index (χ2n) is 6.26. The summed E-state index contributed by atoms with van der Waals surface area (Å²) in [6.45, 7) is 1.51. The Balaban J connectivity index is 1.58. The van der Waals surface area contributed by atoms with Crippen molar-refractivity contribution < 1.29 is 18.3 Å². The first kappa shape index (κ1) is 19.2. The standard InChI is InChI=1S/C18H16F2N6O2S/c19-10-2-1-3-11(20)13(10)18-26-14(15(21)29-18)16(27)25-12-7-23-8-24-17(12)28-9-4-5-22-6-9/h1-3,7-9,22H,4-6,21H2,(H,25,27). The van der Waals surface area contributed by atoms with E-state index in [0.29, 0.717) is 6.54 Å². The van der Waals surface area contributed by atoms with E-state index in [2.05, 4.69) is 25.6 Å². The number of benzene rings is 1. The number of halogens is 2. The van der Waals surface area contributed by atoms with Crippen LogP contribution < -0.4 is 21.1 Å². The van der Waals surface area contributed by atoms with Crippen molar-refractivity contribution in [3.05, 3.63) is 48.1 Å². The summed E-state index contributed by atoms with van der Waals surface area (Å²) < 4.78 is 33.8. The van der Waals surface area contributed by atoms with Gasteiger partial charge < -0.3 is 21.1 Å². The Kier molecular flexibility index (Phi) is 5.32. The molecule has 3 heterocycles. The molecule has 1 unspecified atom stereocenters. The molecule has 4 N–H and O–H groups in total. The van der Waals surface area contributed by atoms with Gasteiger partial charge in [-0.05, 0) is 25.1 Å². The molecule has 1 aliphatic rings. The lowest BCUT2D eigenvalue weighted by atomic mass is 10.2. The SMILES string of the molecule is Nc1sc(-c2c(F)cccc2F)nc1C(=O)Nc1cncnc1OC1CCNC1. The molecule has 4 rings (SSSR count). The number of hydrogen-bond donors (Lipinski definition) is 3. The summed E-state index contributed by atoms with van der Waals surface area (Å²) in [6, 6.07) is 3.46. The van der Waals surface area contributed by atoms with Gasteiger partial charge in [-0.3, -0.25) is 4.79 Å². The summed E-state index contributed by atoms with van der Waals surface area (Å²) >= 11 is 0.820. The Morgan fingerprint density at radius 3 is 2.86 bits per heavy atom. The molecule has 3 aromatic rings. The second kappa shape index (κ2) is 8.05. The van der Waals surface area contributed by atoms with E-state index in [1.54, 1.807) is 0 Å². The number of carbonyl (C=O) groups is 1. The fraction of sp³-hybridized carbons (Fsp3) is 0.222. The number of nitrogens with zero attached hydrogens (tertiary/aromatic N) is 3. The Hall–Kier alpha value is -3.18. The average Bonchev–Trinajstić information content (AvgIpc) is 3.33. The molecule has 0 spiro atoms. The molecule has 1 aromatic carbocycles. The molecule has 0 aliphatic carbocycles. The van der Waals surface area contributed by atoms with E-state index in [4.69, 9.17) is 10.5 Å². The first-order valence-electron chi connectivity index (χ1n) is 8.72. The molecule has 11 heteroatoms. The van der Waals surface area contributed by atoms with Gasteiger partial charge in [0.05, 0.1) is 11.8 Å². The third-order valence-corrected chi connectivity index (χ3v) is 5.16. The molecule has 0 saturated carbocycles. The summed E-state index contributed by atoms with van der Waals surface area (Å²) in [6.07, 6.45) is 3.45. The molecule has 1 saturated heterocycles. The van der Waals surface area contributed by atoms with Crippen LogP contribution in [0.5, 0.6) is 5.88 Å². The van der Waals surface area contributed by atoms with E-state index >= 15 is 0 Å². The number of nitrogens with one attached hydrogen (secondary N) is 2. The molecule has 0 radical (unpaired) electrons. The highest BCUT2D eigenvalue weighted by Crippen LogP contribution is 2.34. The molecule has 1 amide bonds. The predicted molar refractivity (Wildman–Crippen MR) is 104 cm³/mol. The maximum absolute atomic E-state index is 14.0. The number of ether oxygens (including phenoxy) is 1. The van der Waals surface area contributed by atoms with E-state index in [1.807, 2.05) is 0 Å². The molecular weight excluding hydrogens is 402 g/mol. The van der Waals surface area contributed by atoms with Crippen molar-refractivity contribution in [3.8, 4) is 16.5 Å². The number of hydrogen-bond acceptors (Lipinski definition) is 8. The van der Waals surface area contributed by atoms with Crippen LogP contribution in [0.3, 0.4) is 0 Å². The van der Waals surface area contributed by atoms with Crippen molar-refractivity contribution in [2.24, 2.45) is 0 Å². The van der Waals surface area contributed by atoms with Gasteiger partial charge in [-0.25, -0.2) is 18.7 Å². The molecule has 0 bridgehead atoms. The minimum atomic E-state index is -0.789.